The quantitative estimate of drug-likeness (QED) is 0.772. The summed E-state index contributed by atoms with van der Waals surface area (Å²) in [5, 5.41) is 8.91. The number of carbonyl (C=O) groups excluding carboxylic acids is 2. The molecule has 110 valence electrons. The van der Waals surface area contributed by atoms with Crippen molar-refractivity contribution in [1.29, 1.82) is 0 Å². The number of piperazine rings is 1. The second kappa shape index (κ2) is 6.19. The molecule has 2 heterocycles. The van der Waals surface area contributed by atoms with Crippen molar-refractivity contribution < 1.29 is 14.7 Å². The van der Waals surface area contributed by atoms with Gasteiger partial charge in [0.2, 0.25) is 0 Å². The van der Waals surface area contributed by atoms with Gasteiger partial charge < -0.3 is 15.0 Å². The second-order valence-electron chi connectivity index (χ2n) is 5.14. The van der Waals surface area contributed by atoms with Crippen molar-refractivity contribution >= 4 is 12.2 Å². The predicted molar refractivity (Wildman–Crippen MR) is 75.1 cm³/mol. The van der Waals surface area contributed by atoms with Crippen molar-refractivity contribution in [1.82, 2.24) is 14.8 Å². The molecule has 0 aliphatic carbocycles. The fraction of sp³-hybridized carbons (Fsp3) is 0.571. The van der Waals surface area contributed by atoms with Crippen LogP contribution in [0.2, 0.25) is 0 Å². The van der Waals surface area contributed by atoms with Crippen LogP contribution < -0.4 is 0 Å². The molecule has 1 fully saturated rings. The number of β-amino-alcohol motifs (C(OH)–C–C–N with tert-alkyl or cyclic N) is 1. The Labute approximate surface area is 118 Å². The molecule has 0 atom stereocenters. The van der Waals surface area contributed by atoms with Crippen LogP contribution in [0, 0.1) is 13.8 Å². The van der Waals surface area contributed by atoms with Gasteiger partial charge in [-0.25, -0.2) is 0 Å². The lowest BCUT2D eigenvalue weighted by Gasteiger charge is -2.34. The lowest BCUT2D eigenvalue weighted by atomic mass is 10.1. The van der Waals surface area contributed by atoms with Crippen molar-refractivity contribution in [2.24, 2.45) is 0 Å². The number of hydrogen-bond acceptors (Lipinski definition) is 4. The van der Waals surface area contributed by atoms with Gasteiger partial charge in [0.25, 0.3) is 5.91 Å². The summed E-state index contributed by atoms with van der Waals surface area (Å²) in [5.41, 5.74) is 2.56. The Kier molecular flexibility index (Phi) is 4.57. The number of aldehydes is 1. The summed E-state index contributed by atoms with van der Waals surface area (Å²) in [6, 6.07) is 0. The molecular formula is C14H21N3O3. The van der Waals surface area contributed by atoms with Crippen LogP contribution in [0.3, 0.4) is 0 Å². The zero-order valence-electron chi connectivity index (χ0n) is 12.0. The summed E-state index contributed by atoms with van der Waals surface area (Å²) >= 11 is 0. The van der Waals surface area contributed by atoms with Gasteiger partial charge in [-0.1, -0.05) is 0 Å². The summed E-state index contributed by atoms with van der Waals surface area (Å²) in [6.07, 6.45) is 0.748. The number of aliphatic hydroxyl groups excluding tert-OH is 1. The van der Waals surface area contributed by atoms with E-state index >= 15 is 0 Å². The van der Waals surface area contributed by atoms with E-state index in [-0.39, 0.29) is 12.5 Å². The highest BCUT2D eigenvalue weighted by atomic mass is 16.3. The van der Waals surface area contributed by atoms with Gasteiger partial charge in [0.1, 0.15) is 0 Å². The van der Waals surface area contributed by atoms with Crippen molar-refractivity contribution in [3.8, 4) is 0 Å². The Hall–Kier alpha value is -1.66. The standard InChI is InChI=1S/C14H21N3O3/c1-10-12(9-19)15-11(2)13(10)14(20)17-5-3-16(4-6-17)7-8-18/h9,15,18H,3-8H2,1-2H3. The van der Waals surface area contributed by atoms with Crippen molar-refractivity contribution in [2.45, 2.75) is 13.8 Å². The van der Waals surface area contributed by atoms with Crippen LogP contribution >= 0.6 is 0 Å². The summed E-state index contributed by atoms with van der Waals surface area (Å²) in [6.45, 7) is 7.26. The Balaban J connectivity index is 2.09. The van der Waals surface area contributed by atoms with E-state index in [0.29, 0.717) is 30.9 Å². The third-order valence-electron chi connectivity index (χ3n) is 3.88. The molecule has 0 unspecified atom stereocenters. The third kappa shape index (κ3) is 2.76. The van der Waals surface area contributed by atoms with Crippen LogP contribution in [0.1, 0.15) is 32.1 Å². The molecule has 2 rings (SSSR count). The number of aliphatic hydroxyl groups is 1. The molecule has 1 saturated heterocycles. The first-order valence-electron chi connectivity index (χ1n) is 6.85. The maximum Gasteiger partial charge on any atom is 0.256 e. The molecule has 1 aliphatic rings. The first kappa shape index (κ1) is 14.7. The molecule has 0 bridgehead atoms. The smallest absolute Gasteiger partial charge is 0.256 e. The van der Waals surface area contributed by atoms with Crippen LogP contribution in [0.5, 0.6) is 0 Å². The van der Waals surface area contributed by atoms with Gasteiger partial charge in [0, 0.05) is 38.4 Å². The Morgan fingerprint density at radius 2 is 1.95 bits per heavy atom. The van der Waals surface area contributed by atoms with Crippen LogP contribution in [0.25, 0.3) is 0 Å². The van der Waals surface area contributed by atoms with E-state index in [1.54, 1.807) is 6.92 Å². The van der Waals surface area contributed by atoms with E-state index in [2.05, 4.69) is 9.88 Å². The van der Waals surface area contributed by atoms with Gasteiger partial charge in [0.15, 0.2) is 6.29 Å². The van der Waals surface area contributed by atoms with E-state index < -0.39 is 0 Å². The van der Waals surface area contributed by atoms with Gasteiger partial charge in [-0.2, -0.15) is 0 Å². The summed E-state index contributed by atoms with van der Waals surface area (Å²) in [7, 11) is 0. The largest absolute Gasteiger partial charge is 0.395 e. The van der Waals surface area contributed by atoms with Crippen molar-refractivity contribution in [3.05, 3.63) is 22.5 Å². The molecule has 1 amide bonds. The highest BCUT2D eigenvalue weighted by molar-refractivity contribution is 5.99. The molecule has 0 aromatic carbocycles. The number of aryl methyl sites for hydroxylation is 1. The van der Waals surface area contributed by atoms with Crippen LogP contribution in [0.4, 0.5) is 0 Å². The number of aromatic amines is 1. The van der Waals surface area contributed by atoms with Crippen LogP contribution in [-0.2, 0) is 0 Å². The summed E-state index contributed by atoms with van der Waals surface area (Å²) in [5.74, 6) is -0.0204. The van der Waals surface area contributed by atoms with Gasteiger partial charge in [-0.05, 0) is 19.4 Å². The fourth-order valence-electron chi connectivity index (χ4n) is 2.69. The molecule has 6 nitrogen and oxygen atoms in total. The lowest BCUT2D eigenvalue weighted by molar-refractivity contribution is 0.0614. The molecule has 1 aliphatic heterocycles. The first-order chi connectivity index (χ1) is 9.58. The molecule has 0 saturated carbocycles. The fourth-order valence-corrected chi connectivity index (χ4v) is 2.69. The molecule has 0 radical (unpaired) electrons. The van der Waals surface area contributed by atoms with E-state index in [4.69, 9.17) is 5.11 Å². The number of carbonyl (C=O) groups is 2. The number of aromatic nitrogens is 1. The Morgan fingerprint density at radius 1 is 1.30 bits per heavy atom. The maximum atomic E-state index is 12.6. The zero-order chi connectivity index (χ0) is 14.7. The zero-order valence-corrected chi connectivity index (χ0v) is 12.0. The van der Waals surface area contributed by atoms with E-state index in [1.807, 2.05) is 11.8 Å². The first-order valence-corrected chi connectivity index (χ1v) is 6.85. The number of H-pyrrole nitrogens is 1. The van der Waals surface area contributed by atoms with Crippen LogP contribution in [0.15, 0.2) is 0 Å². The lowest BCUT2D eigenvalue weighted by Crippen LogP contribution is -2.49. The highest BCUT2D eigenvalue weighted by Crippen LogP contribution is 2.19. The average molecular weight is 279 g/mol. The normalized spacial score (nSPS) is 16.4. The van der Waals surface area contributed by atoms with Crippen LogP contribution in [-0.4, -0.2) is 71.4 Å². The molecule has 1 aromatic rings. The molecular weight excluding hydrogens is 258 g/mol. The van der Waals surface area contributed by atoms with E-state index in [9.17, 15) is 9.59 Å². The monoisotopic (exact) mass is 279 g/mol. The average Bonchev–Trinajstić information content (AvgIpc) is 2.74. The van der Waals surface area contributed by atoms with Gasteiger partial charge in [-0.3, -0.25) is 14.5 Å². The molecule has 2 N–H and O–H groups in total. The minimum absolute atomic E-state index is 0.0204. The van der Waals surface area contributed by atoms with Gasteiger partial charge in [-0.15, -0.1) is 0 Å². The number of hydrogen-bond donors (Lipinski definition) is 2. The highest BCUT2D eigenvalue weighted by Gasteiger charge is 2.26. The second-order valence-corrected chi connectivity index (χ2v) is 5.14. The Morgan fingerprint density at radius 3 is 2.45 bits per heavy atom. The third-order valence-corrected chi connectivity index (χ3v) is 3.88. The van der Waals surface area contributed by atoms with Crippen molar-refractivity contribution in [3.63, 3.8) is 0 Å². The van der Waals surface area contributed by atoms with Gasteiger partial charge in [0.05, 0.1) is 17.9 Å². The van der Waals surface area contributed by atoms with Crippen molar-refractivity contribution in [2.75, 3.05) is 39.3 Å². The number of nitrogens with zero attached hydrogens (tertiary/aromatic N) is 2. The summed E-state index contributed by atoms with van der Waals surface area (Å²) in [4.78, 5) is 30.4. The topological polar surface area (TPSA) is 76.6 Å². The van der Waals surface area contributed by atoms with Gasteiger partial charge >= 0.3 is 0 Å². The van der Waals surface area contributed by atoms with E-state index in [0.717, 1.165) is 30.6 Å². The number of amides is 1. The molecule has 1 aromatic heterocycles. The molecule has 20 heavy (non-hydrogen) atoms. The minimum atomic E-state index is -0.0204. The van der Waals surface area contributed by atoms with E-state index in [1.165, 1.54) is 0 Å². The molecule has 6 heteroatoms. The number of rotatable bonds is 4. The maximum absolute atomic E-state index is 12.6. The Bertz CT molecular complexity index is 502. The SMILES string of the molecule is Cc1[nH]c(C=O)c(C)c1C(=O)N1CCN(CCO)CC1. The predicted octanol–water partition coefficient (Wildman–Crippen LogP) is 0.194. The molecule has 0 spiro atoms. The summed E-state index contributed by atoms with van der Waals surface area (Å²) < 4.78 is 0. The number of nitrogens with one attached hydrogen (secondary N) is 1. The minimum Gasteiger partial charge on any atom is -0.395 e.